The van der Waals surface area contributed by atoms with Crippen LogP contribution in [0.15, 0.2) is 37.9 Å². The summed E-state index contributed by atoms with van der Waals surface area (Å²) in [4.78, 5) is 0. The van der Waals surface area contributed by atoms with Gasteiger partial charge in [0.15, 0.2) is 0 Å². The largest absolute Gasteiger partial charge is 0.493 e. The summed E-state index contributed by atoms with van der Waals surface area (Å²) in [5, 5.41) is 3.48. The number of nitrogens with one attached hydrogen (secondary N) is 1. The van der Waals surface area contributed by atoms with E-state index in [0.29, 0.717) is 5.92 Å². The molecule has 1 aliphatic heterocycles. The van der Waals surface area contributed by atoms with Gasteiger partial charge in [-0.1, -0.05) is 18.2 Å². The highest BCUT2D eigenvalue weighted by molar-refractivity contribution is 9.12. The average Bonchev–Trinajstić information content (AvgIpc) is 2.79. The van der Waals surface area contributed by atoms with E-state index in [1.165, 1.54) is 14.9 Å². The predicted molar refractivity (Wildman–Crippen MR) is 90.8 cm³/mol. The van der Waals surface area contributed by atoms with Gasteiger partial charge in [-0.15, -0.1) is 11.3 Å². The molecule has 2 heterocycles. The molecular formula is C15H15Br2NOS. The number of rotatable bonds is 3. The van der Waals surface area contributed by atoms with Gasteiger partial charge >= 0.3 is 0 Å². The number of fused-ring (bicyclic) bond motifs is 1. The summed E-state index contributed by atoms with van der Waals surface area (Å²) in [7, 11) is 2.03. The third-order valence-electron chi connectivity index (χ3n) is 3.74. The zero-order valence-corrected chi connectivity index (χ0v) is 15.0. The van der Waals surface area contributed by atoms with Crippen molar-refractivity contribution < 1.29 is 4.74 Å². The lowest BCUT2D eigenvalue weighted by Crippen LogP contribution is -2.28. The Bertz CT molecular complexity index is 614. The molecule has 0 fully saturated rings. The van der Waals surface area contributed by atoms with Crippen molar-refractivity contribution in [3.8, 4) is 5.75 Å². The molecule has 1 aromatic heterocycles. The highest BCUT2D eigenvalue weighted by Crippen LogP contribution is 2.45. The summed E-state index contributed by atoms with van der Waals surface area (Å²) >= 11 is 8.97. The molecule has 1 aromatic carbocycles. The molecule has 5 heteroatoms. The first-order valence-electron chi connectivity index (χ1n) is 6.54. The topological polar surface area (TPSA) is 21.3 Å². The summed E-state index contributed by atoms with van der Waals surface area (Å²) in [5.74, 6) is 1.46. The number of thiophene rings is 1. The van der Waals surface area contributed by atoms with Gasteiger partial charge in [-0.05, 0) is 68.6 Å². The molecule has 1 aliphatic rings. The van der Waals surface area contributed by atoms with Crippen molar-refractivity contribution in [2.24, 2.45) is 0 Å². The number of halogens is 2. The van der Waals surface area contributed by atoms with Crippen molar-refractivity contribution in [2.45, 2.75) is 18.4 Å². The molecule has 2 atom stereocenters. The van der Waals surface area contributed by atoms with E-state index < -0.39 is 0 Å². The lowest BCUT2D eigenvalue weighted by Gasteiger charge is -2.32. The van der Waals surface area contributed by atoms with Crippen molar-refractivity contribution >= 4 is 43.2 Å². The molecule has 0 bridgehead atoms. The maximum Gasteiger partial charge on any atom is 0.122 e. The van der Waals surface area contributed by atoms with Gasteiger partial charge in [0, 0.05) is 12.0 Å². The highest BCUT2D eigenvalue weighted by Gasteiger charge is 2.30. The second-order valence-electron chi connectivity index (χ2n) is 4.83. The minimum Gasteiger partial charge on any atom is -0.493 e. The molecule has 0 saturated carbocycles. The van der Waals surface area contributed by atoms with Gasteiger partial charge in [0.2, 0.25) is 0 Å². The zero-order valence-electron chi connectivity index (χ0n) is 11.0. The minimum absolute atomic E-state index is 0.289. The first kappa shape index (κ1) is 14.6. The zero-order chi connectivity index (χ0) is 14.1. The Kier molecular flexibility index (Phi) is 4.50. The van der Waals surface area contributed by atoms with E-state index in [4.69, 9.17) is 4.74 Å². The number of hydrogen-bond acceptors (Lipinski definition) is 3. The van der Waals surface area contributed by atoms with Crippen LogP contribution in [-0.4, -0.2) is 13.7 Å². The third-order valence-corrected chi connectivity index (χ3v) is 6.12. The van der Waals surface area contributed by atoms with Crippen molar-refractivity contribution in [1.82, 2.24) is 5.32 Å². The maximum atomic E-state index is 5.77. The van der Waals surface area contributed by atoms with Crippen LogP contribution < -0.4 is 10.1 Å². The van der Waals surface area contributed by atoms with Gasteiger partial charge in [0.25, 0.3) is 0 Å². The number of para-hydroxylation sites is 1. The summed E-state index contributed by atoms with van der Waals surface area (Å²) in [6.07, 6.45) is 1.03. The summed E-state index contributed by atoms with van der Waals surface area (Å²) in [5.41, 5.74) is 2.61. The van der Waals surface area contributed by atoms with Gasteiger partial charge < -0.3 is 10.1 Å². The van der Waals surface area contributed by atoms with Gasteiger partial charge in [0.05, 0.1) is 14.2 Å². The van der Waals surface area contributed by atoms with Gasteiger partial charge in [0.1, 0.15) is 5.75 Å². The van der Waals surface area contributed by atoms with Crippen LogP contribution in [0.4, 0.5) is 0 Å². The van der Waals surface area contributed by atoms with E-state index >= 15 is 0 Å². The maximum absolute atomic E-state index is 5.77. The van der Waals surface area contributed by atoms with Crippen molar-refractivity contribution in [2.75, 3.05) is 13.7 Å². The normalized spacial score (nSPS) is 19.2. The molecule has 2 unspecified atom stereocenters. The lowest BCUT2D eigenvalue weighted by atomic mass is 9.84. The van der Waals surface area contributed by atoms with E-state index in [-0.39, 0.29) is 6.04 Å². The molecule has 0 saturated heterocycles. The van der Waals surface area contributed by atoms with Crippen LogP contribution in [0.5, 0.6) is 5.75 Å². The van der Waals surface area contributed by atoms with Crippen molar-refractivity contribution in [3.63, 3.8) is 0 Å². The van der Waals surface area contributed by atoms with Crippen molar-refractivity contribution in [1.29, 1.82) is 0 Å². The Labute approximate surface area is 139 Å². The monoisotopic (exact) mass is 415 g/mol. The first-order chi connectivity index (χ1) is 9.70. The molecule has 0 spiro atoms. The molecule has 0 radical (unpaired) electrons. The first-order valence-corrected chi connectivity index (χ1v) is 8.94. The number of hydrogen-bond donors (Lipinski definition) is 1. The number of ether oxygens (including phenoxy) is 1. The molecule has 106 valence electrons. The Morgan fingerprint density at radius 3 is 2.85 bits per heavy atom. The van der Waals surface area contributed by atoms with Crippen LogP contribution in [0.1, 0.15) is 29.5 Å². The van der Waals surface area contributed by atoms with Crippen LogP contribution in [0.3, 0.4) is 0 Å². The predicted octanol–water partition coefficient (Wildman–Crippen LogP) is 5.10. The molecule has 20 heavy (non-hydrogen) atoms. The summed E-state index contributed by atoms with van der Waals surface area (Å²) < 4.78 is 8.11. The van der Waals surface area contributed by atoms with E-state index in [1.54, 1.807) is 11.3 Å². The number of likely N-dealkylation sites (N-methyl/N-ethyl adjacent to an activating group) is 1. The Morgan fingerprint density at radius 1 is 1.35 bits per heavy atom. The van der Waals surface area contributed by atoms with E-state index in [2.05, 4.69) is 61.4 Å². The van der Waals surface area contributed by atoms with Crippen LogP contribution in [0.25, 0.3) is 0 Å². The fraction of sp³-hybridized carbons (Fsp3) is 0.333. The SMILES string of the molecule is CNC(c1cc(Br)sc1Br)C1CCOc2ccccc21. The highest BCUT2D eigenvalue weighted by atomic mass is 79.9. The van der Waals surface area contributed by atoms with E-state index in [1.807, 2.05) is 13.1 Å². The second-order valence-corrected chi connectivity index (χ2v) is 8.58. The molecular weight excluding hydrogens is 402 g/mol. The van der Waals surface area contributed by atoms with Crippen LogP contribution in [0, 0.1) is 0 Å². The Morgan fingerprint density at radius 2 is 2.15 bits per heavy atom. The van der Waals surface area contributed by atoms with Gasteiger partial charge in [-0.25, -0.2) is 0 Å². The number of benzene rings is 1. The second kappa shape index (κ2) is 6.18. The quantitative estimate of drug-likeness (QED) is 0.751. The van der Waals surface area contributed by atoms with Crippen LogP contribution in [0.2, 0.25) is 0 Å². The summed E-state index contributed by atoms with van der Waals surface area (Å²) in [6.45, 7) is 0.781. The standard InChI is InChI=1S/C15H15Br2NOS/c1-18-14(11-8-13(16)20-15(11)17)10-6-7-19-12-5-3-2-4-9(10)12/h2-5,8,10,14,18H,6-7H2,1H3. The molecule has 2 nitrogen and oxygen atoms in total. The fourth-order valence-electron chi connectivity index (χ4n) is 2.85. The van der Waals surface area contributed by atoms with Crippen molar-refractivity contribution in [3.05, 3.63) is 49.0 Å². The van der Waals surface area contributed by atoms with Gasteiger partial charge in [-0.2, -0.15) is 0 Å². The lowest BCUT2D eigenvalue weighted by molar-refractivity contribution is 0.248. The third kappa shape index (κ3) is 2.69. The molecule has 2 aromatic rings. The average molecular weight is 417 g/mol. The fourth-order valence-corrected chi connectivity index (χ4v) is 5.78. The molecule has 3 rings (SSSR count). The minimum atomic E-state index is 0.289. The Hall–Kier alpha value is -0.360. The van der Waals surface area contributed by atoms with Crippen LogP contribution in [-0.2, 0) is 0 Å². The smallest absolute Gasteiger partial charge is 0.122 e. The summed E-state index contributed by atoms with van der Waals surface area (Å²) in [6, 6.07) is 10.9. The van der Waals surface area contributed by atoms with E-state index in [0.717, 1.165) is 22.6 Å². The Balaban J connectivity index is 2.01. The molecule has 0 aliphatic carbocycles. The van der Waals surface area contributed by atoms with Crippen LogP contribution >= 0.6 is 43.2 Å². The molecule has 0 amide bonds. The van der Waals surface area contributed by atoms with Gasteiger partial charge in [-0.3, -0.25) is 0 Å². The molecule has 1 N–H and O–H groups in total. The van der Waals surface area contributed by atoms with E-state index in [9.17, 15) is 0 Å².